The number of nitrogens with one attached hydrogen (secondary N) is 8. The summed E-state index contributed by atoms with van der Waals surface area (Å²) < 4.78 is 0. The van der Waals surface area contributed by atoms with Crippen molar-refractivity contribution in [3.8, 4) is 0 Å². The number of carbonyl (C=O) groups is 7. The van der Waals surface area contributed by atoms with E-state index in [0.29, 0.717) is 30.5 Å². The number of H-pyrrole nitrogens is 1. The molecule has 4 rings (SSSR count). The number of aromatic nitrogens is 1. The summed E-state index contributed by atoms with van der Waals surface area (Å²) >= 11 is 0. The second-order valence-corrected chi connectivity index (χ2v) is 16.0. The Kier molecular flexibility index (Phi) is 18.2. The second kappa shape index (κ2) is 23.5. The summed E-state index contributed by atoms with van der Waals surface area (Å²) in [5, 5.41) is 29.7. The molecule has 3 aromatic rings. The first-order valence-electron chi connectivity index (χ1n) is 20.9. The summed E-state index contributed by atoms with van der Waals surface area (Å²) in [6.07, 6.45) is 3.80. The molecule has 7 atom stereocenters. The number of nitrogens with two attached hydrogens (primary N) is 2. The van der Waals surface area contributed by atoms with Crippen molar-refractivity contribution in [2.45, 2.75) is 115 Å². The van der Waals surface area contributed by atoms with Crippen LogP contribution in [-0.2, 0) is 46.4 Å². The van der Waals surface area contributed by atoms with Gasteiger partial charge in [-0.05, 0) is 75.6 Å². The minimum atomic E-state index is -1.29. The van der Waals surface area contributed by atoms with E-state index in [9.17, 15) is 38.7 Å². The number of hydrogen-bond donors (Lipinski definition) is 11. The molecule has 1 aromatic heterocycles. The zero-order valence-corrected chi connectivity index (χ0v) is 35.7. The predicted molar refractivity (Wildman–Crippen MR) is 233 cm³/mol. The van der Waals surface area contributed by atoms with Crippen LogP contribution in [0.15, 0.2) is 65.8 Å². The Morgan fingerprint density at radius 3 is 1.92 bits per heavy atom. The molecule has 0 spiro atoms. The van der Waals surface area contributed by atoms with Crippen LogP contribution in [0.4, 0.5) is 0 Å². The van der Waals surface area contributed by atoms with E-state index in [0.717, 1.165) is 17.3 Å². The Morgan fingerprint density at radius 1 is 0.726 bits per heavy atom. The lowest BCUT2D eigenvalue weighted by molar-refractivity contribution is -0.142. The summed E-state index contributed by atoms with van der Waals surface area (Å²) in [6.45, 7) is 7.54. The fourth-order valence-corrected chi connectivity index (χ4v) is 7.06. The predicted octanol–water partition coefficient (Wildman–Crippen LogP) is -0.162. The highest BCUT2D eigenvalue weighted by Crippen LogP contribution is 2.20. The van der Waals surface area contributed by atoms with Crippen LogP contribution in [0.3, 0.4) is 0 Å². The molecule has 19 heteroatoms. The quantitative estimate of drug-likeness (QED) is 0.0338. The number of aliphatic imine (C=N–C) groups is 1. The molecule has 1 saturated heterocycles. The zero-order valence-electron chi connectivity index (χ0n) is 35.7. The van der Waals surface area contributed by atoms with Gasteiger partial charge in [0.05, 0.1) is 6.04 Å². The Morgan fingerprint density at radius 2 is 1.31 bits per heavy atom. The van der Waals surface area contributed by atoms with Crippen molar-refractivity contribution in [1.82, 2.24) is 42.2 Å². The van der Waals surface area contributed by atoms with Gasteiger partial charge in [-0.1, -0.05) is 62.4 Å². The van der Waals surface area contributed by atoms with Gasteiger partial charge < -0.3 is 58.8 Å². The SMILES string of the molecule is CC(C)C[C@H](NC(=O)[C@@H]1CCCN1)C(=O)N[C@@H](C)C(=O)N[C@@H](Cc1ccccc1)C(=O)N[C@@H](Cc1c[nH]c2ccccc12)C(=O)N[C@@H](C)C(=O)N[C@@H](CCCN=C(N)N)C(=O)O. The Hall–Kier alpha value is -6.50. The largest absolute Gasteiger partial charge is 0.480 e. The van der Waals surface area contributed by atoms with Gasteiger partial charge in [0.2, 0.25) is 35.4 Å². The number of guanidine groups is 1. The van der Waals surface area contributed by atoms with Crippen molar-refractivity contribution in [3.05, 3.63) is 71.9 Å². The Bertz CT molecular complexity index is 2050. The van der Waals surface area contributed by atoms with Crippen LogP contribution in [0.2, 0.25) is 0 Å². The maximum Gasteiger partial charge on any atom is 0.326 e. The highest BCUT2D eigenvalue weighted by molar-refractivity contribution is 5.97. The number of amides is 6. The maximum atomic E-state index is 14.3. The summed E-state index contributed by atoms with van der Waals surface area (Å²) in [5.74, 6) is -5.16. The van der Waals surface area contributed by atoms with Gasteiger partial charge in [0.15, 0.2) is 5.96 Å². The third-order valence-corrected chi connectivity index (χ3v) is 10.4. The van der Waals surface area contributed by atoms with Crippen molar-refractivity contribution < 1.29 is 38.7 Å². The number of rotatable bonds is 23. The van der Waals surface area contributed by atoms with E-state index in [1.165, 1.54) is 13.8 Å². The number of hydrogen-bond acceptors (Lipinski definition) is 9. The van der Waals surface area contributed by atoms with Gasteiger partial charge >= 0.3 is 5.97 Å². The molecule has 0 saturated carbocycles. The first-order valence-corrected chi connectivity index (χ1v) is 20.9. The van der Waals surface area contributed by atoms with Crippen molar-refractivity contribution in [2.24, 2.45) is 22.4 Å². The summed E-state index contributed by atoms with van der Waals surface area (Å²) in [6, 6.07) is 8.80. The van der Waals surface area contributed by atoms with Crippen LogP contribution in [0, 0.1) is 5.92 Å². The number of nitrogens with zero attached hydrogens (tertiary/aromatic N) is 1. The normalized spacial score (nSPS) is 16.4. The van der Waals surface area contributed by atoms with E-state index in [1.807, 2.05) is 38.1 Å². The molecule has 6 amide bonds. The lowest BCUT2D eigenvalue weighted by atomic mass is 10.0. The second-order valence-electron chi connectivity index (χ2n) is 16.0. The van der Waals surface area contributed by atoms with E-state index >= 15 is 0 Å². The molecule has 62 heavy (non-hydrogen) atoms. The molecule has 0 bridgehead atoms. The molecule has 13 N–H and O–H groups in total. The van der Waals surface area contributed by atoms with E-state index in [4.69, 9.17) is 11.5 Å². The van der Waals surface area contributed by atoms with Gasteiger partial charge in [-0.3, -0.25) is 33.8 Å². The number of carboxylic acid groups (broad SMARTS) is 1. The lowest BCUT2D eigenvalue weighted by Gasteiger charge is -2.27. The molecule has 0 radical (unpaired) electrons. The molecule has 19 nitrogen and oxygen atoms in total. The van der Waals surface area contributed by atoms with Crippen LogP contribution < -0.4 is 48.7 Å². The van der Waals surface area contributed by atoms with Crippen molar-refractivity contribution >= 4 is 58.3 Å². The highest BCUT2D eigenvalue weighted by Gasteiger charge is 2.33. The lowest BCUT2D eigenvalue weighted by Crippen LogP contribution is -2.60. The molecule has 2 aromatic carbocycles. The third-order valence-electron chi connectivity index (χ3n) is 10.4. The third kappa shape index (κ3) is 14.9. The molecule has 0 aliphatic carbocycles. The smallest absolute Gasteiger partial charge is 0.326 e. The minimum absolute atomic E-state index is 0.0134. The maximum absolute atomic E-state index is 14.3. The number of carbonyl (C=O) groups excluding carboxylic acids is 6. The first-order chi connectivity index (χ1) is 29.5. The molecule has 1 fully saturated rings. The number of benzene rings is 2. The highest BCUT2D eigenvalue weighted by atomic mass is 16.4. The van der Waals surface area contributed by atoms with Crippen LogP contribution in [-0.4, -0.2) is 113 Å². The van der Waals surface area contributed by atoms with Crippen molar-refractivity contribution in [2.75, 3.05) is 13.1 Å². The average molecular weight is 860 g/mol. The molecule has 1 aliphatic rings. The fourth-order valence-electron chi connectivity index (χ4n) is 7.06. The van der Waals surface area contributed by atoms with Gasteiger partial charge in [-0.15, -0.1) is 0 Å². The van der Waals surface area contributed by atoms with E-state index in [1.54, 1.807) is 36.5 Å². The Labute approximate surface area is 360 Å². The molecule has 336 valence electrons. The van der Waals surface area contributed by atoms with Gasteiger partial charge in [-0.25, -0.2) is 4.79 Å². The summed E-state index contributed by atoms with van der Waals surface area (Å²) in [7, 11) is 0. The monoisotopic (exact) mass is 859 g/mol. The number of carboxylic acids is 1. The van der Waals surface area contributed by atoms with E-state index < -0.39 is 77.8 Å². The number of para-hydroxylation sites is 1. The van der Waals surface area contributed by atoms with Crippen LogP contribution in [0.25, 0.3) is 10.9 Å². The summed E-state index contributed by atoms with van der Waals surface area (Å²) in [4.78, 5) is 101. The summed E-state index contributed by atoms with van der Waals surface area (Å²) in [5.41, 5.74) is 12.8. The molecular formula is C43H61N11O8. The standard InChI is InChI=1S/C43H61N11O8/c1-24(2)20-33(53-38(57)31-16-10-18-46-31)39(58)49-26(4)37(56)52-34(21-27-12-6-5-7-13-27)41(60)54-35(22-28-23-48-30-15-9-8-14-29(28)30)40(59)50-25(3)36(55)51-32(42(61)62)17-11-19-47-43(44)45/h5-9,12-15,23-26,31-35,46,48H,10-11,16-22H2,1-4H3,(H,49,58)(H,50,59)(H,51,55)(H,52,56)(H,53,57)(H,54,60)(H,61,62)(H4,44,45,47)/t25-,26-,31-,32-,33-,34-,35-/m0/s1. The van der Waals surface area contributed by atoms with Crippen LogP contribution in [0.1, 0.15) is 70.9 Å². The molecule has 0 unspecified atom stereocenters. The zero-order chi connectivity index (χ0) is 45.3. The topological polar surface area (TPSA) is 304 Å². The van der Waals surface area contributed by atoms with Crippen LogP contribution in [0.5, 0.6) is 0 Å². The fraction of sp³-hybridized carbons (Fsp3) is 0.488. The van der Waals surface area contributed by atoms with Crippen molar-refractivity contribution in [1.29, 1.82) is 0 Å². The van der Waals surface area contributed by atoms with Gasteiger partial charge in [-0.2, -0.15) is 0 Å². The first kappa shape index (κ1) is 48.2. The molecule has 1 aliphatic heterocycles. The number of aromatic amines is 1. The number of fused-ring (bicyclic) bond motifs is 1. The minimum Gasteiger partial charge on any atom is -0.480 e. The van der Waals surface area contributed by atoms with Gasteiger partial charge in [0.1, 0.15) is 36.3 Å². The van der Waals surface area contributed by atoms with E-state index in [2.05, 4.69) is 47.2 Å². The van der Waals surface area contributed by atoms with Crippen molar-refractivity contribution in [3.63, 3.8) is 0 Å². The average Bonchev–Trinajstić information content (AvgIpc) is 3.92. The van der Waals surface area contributed by atoms with Crippen LogP contribution >= 0.6 is 0 Å². The Balaban J connectivity index is 1.52. The van der Waals surface area contributed by atoms with Gasteiger partial charge in [0.25, 0.3) is 0 Å². The number of aliphatic carboxylic acids is 1. The van der Waals surface area contributed by atoms with Gasteiger partial charge in [0, 0.05) is 36.5 Å². The molecule has 2 heterocycles. The van der Waals surface area contributed by atoms with E-state index in [-0.39, 0.29) is 50.0 Å². The molecular weight excluding hydrogens is 799 g/mol.